The van der Waals surface area contributed by atoms with Crippen molar-refractivity contribution in [3.05, 3.63) is 52.0 Å². The number of H-pyrrole nitrogens is 1. The third kappa shape index (κ3) is 1.58. The topological polar surface area (TPSA) is 28.7 Å². The number of halogens is 2. The molecule has 0 aromatic heterocycles. The van der Waals surface area contributed by atoms with E-state index < -0.39 is 0 Å². The van der Waals surface area contributed by atoms with Crippen molar-refractivity contribution in [3.8, 4) is 11.4 Å². The molecule has 4 heteroatoms. The number of benzene rings is 2. The third-order valence-corrected chi connectivity index (χ3v) is 4.22. The summed E-state index contributed by atoms with van der Waals surface area (Å²) in [5, 5.41) is 2.83. The maximum absolute atomic E-state index is 6.59. The molecule has 4 rings (SSSR count). The van der Waals surface area contributed by atoms with Crippen LogP contribution in [-0.4, -0.2) is 9.97 Å². The molecule has 2 aromatic rings. The summed E-state index contributed by atoms with van der Waals surface area (Å²) in [5.41, 5.74) is 2.94. The van der Waals surface area contributed by atoms with Gasteiger partial charge in [0.25, 0.3) is 0 Å². The molecule has 0 spiro atoms. The van der Waals surface area contributed by atoms with Gasteiger partial charge < -0.3 is 4.98 Å². The highest BCUT2D eigenvalue weighted by Crippen LogP contribution is 2.40. The molecule has 2 heterocycles. The van der Waals surface area contributed by atoms with Crippen molar-refractivity contribution in [3.63, 3.8) is 0 Å². The van der Waals surface area contributed by atoms with Gasteiger partial charge in [-0.25, -0.2) is 4.98 Å². The van der Waals surface area contributed by atoms with Crippen LogP contribution in [0.1, 0.15) is 0 Å². The van der Waals surface area contributed by atoms with E-state index in [1.54, 1.807) is 0 Å². The van der Waals surface area contributed by atoms with Crippen LogP contribution in [0.2, 0.25) is 5.02 Å². The van der Waals surface area contributed by atoms with E-state index in [0.717, 1.165) is 42.7 Å². The van der Waals surface area contributed by atoms with Crippen molar-refractivity contribution in [1.29, 1.82) is 0 Å². The minimum atomic E-state index is 0.749. The molecule has 2 nitrogen and oxygen atoms in total. The van der Waals surface area contributed by atoms with Crippen molar-refractivity contribution in [1.82, 2.24) is 9.97 Å². The number of aromatic amines is 1. The summed E-state index contributed by atoms with van der Waals surface area (Å²) >= 11 is 10.1. The molecule has 0 bridgehead atoms. The normalized spacial score (nSPS) is 11.7. The largest absolute Gasteiger partial charge is 0.339 e. The first-order valence-electron chi connectivity index (χ1n) is 5.89. The molecule has 1 N–H and O–H groups in total. The van der Waals surface area contributed by atoms with E-state index in [4.69, 9.17) is 11.6 Å². The first kappa shape index (κ1) is 11.3. The lowest BCUT2D eigenvalue weighted by atomic mass is 10.1. The Morgan fingerprint density at radius 2 is 1.89 bits per heavy atom. The number of para-hydroxylation sites is 1. The van der Waals surface area contributed by atoms with E-state index in [2.05, 4.69) is 25.9 Å². The second kappa shape index (κ2) is 3.95. The van der Waals surface area contributed by atoms with Gasteiger partial charge in [0, 0.05) is 26.3 Å². The van der Waals surface area contributed by atoms with Gasteiger partial charge in [0.1, 0.15) is 5.82 Å². The van der Waals surface area contributed by atoms with Gasteiger partial charge in [-0.2, -0.15) is 0 Å². The van der Waals surface area contributed by atoms with Crippen LogP contribution in [0.4, 0.5) is 0 Å². The Hall–Kier alpha value is -1.58. The molecule has 0 radical (unpaired) electrons. The van der Waals surface area contributed by atoms with Crippen LogP contribution >= 0.6 is 27.5 Å². The van der Waals surface area contributed by atoms with Gasteiger partial charge >= 0.3 is 0 Å². The van der Waals surface area contributed by atoms with Crippen LogP contribution in [0.3, 0.4) is 0 Å². The van der Waals surface area contributed by atoms with Crippen LogP contribution in [0.5, 0.6) is 0 Å². The standard InChI is InChI=1S/C15H8BrClN2/c16-8-5-6-12-10(7-8)14(17)13-9-3-1-2-4-11(9)18-15(13)19-12/h1-7H,(H,18,19). The molecule has 92 valence electrons. The zero-order valence-corrected chi connectivity index (χ0v) is 12.1. The number of hydrogen-bond donors (Lipinski definition) is 1. The van der Waals surface area contributed by atoms with Gasteiger partial charge in [0.15, 0.2) is 0 Å². The summed E-state index contributed by atoms with van der Waals surface area (Å²) in [6.45, 7) is 0. The van der Waals surface area contributed by atoms with Crippen LogP contribution in [0.25, 0.3) is 33.2 Å². The molecule has 2 aliphatic rings. The van der Waals surface area contributed by atoms with E-state index in [1.165, 1.54) is 0 Å². The van der Waals surface area contributed by atoms with Crippen molar-refractivity contribution in [2.45, 2.75) is 0 Å². The van der Waals surface area contributed by atoms with Gasteiger partial charge in [-0.15, -0.1) is 0 Å². The van der Waals surface area contributed by atoms with Gasteiger partial charge in [-0.05, 0) is 24.3 Å². The summed E-state index contributed by atoms with van der Waals surface area (Å²) < 4.78 is 1.01. The average Bonchev–Trinajstić information content (AvgIpc) is 2.78. The lowest BCUT2D eigenvalue weighted by Gasteiger charge is -2.08. The summed E-state index contributed by atoms with van der Waals surface area (Å²) in [5.74, 6) is 0.834. The second-order valence-electron chi connectivity index (χ2n) is 4.48. The zero-order chi connectivity index (χ0) is 13.0. The molecule has 19 heavy (non-hydrogen) atoms. The van der Waals surface area contributed by atoms with E-state index in [9.17, 15) is 0 Å². The fourth-order valence-electron chi connectivity index (χ4n) is 2.47. The van der Waals surface area contributed by atoms with E-state index in [1.807, 2.05) is 42.5 Å². The Kier molecular flexibility index (Phi) is 2.34. The number of aromatic nitrogens is 2. The number of fused-ring (bicyclic) bond motifs is 4. The van der Waals surface area contributed by atoms with E-state index in [-0.39, 0.29) is 0 Å². The predicted molar refractivity (Wildman–Crippen MR) is 82.9 cm³/mol. The molecule has 0 saturated carbocycles. The van der Waals surface area contributed by atoms with Crippen molar-refractivity contribution in [2.75, 3.05) is 0 Å². The maximum atomic E-state index is 6.59. The Morgan fingerprint density at radius 3 is 2.79 bits per heavy atom. The van der Waals surface area contributed by atoms with Crippen molar-refractivity contribution < 1.29 is 0 Å². The number of nitrogens with one attached hydrogen (secondary N) is 1. The molecule has 2 aromatic carbocycles. The van der Waals surface area contributed by atoms with Crippen LogP contribution in [0, 0.1) is 0 Å². The molecule has 2 aliphatic heterocycles. The summed E-state index contributed by atoms with van der Waals surface area (Å²) in [6.07, 6.45) is 0. The number of pyridine rings is 1. The SMILES string of the molecule is Clc1c2c3ccccc3nc-2[nH]c2ccc(Br)cc12. The lowest BCUT2D eigenvalue weighted by Crippen LogP contribution is -1.88. The van der Waals surface area contributed by atoms with Gasteiger partial charge in [0.2, 0.25) is 0 Å². The number of nitrogens with zero attached hydrogens (tertiary/aromatic N) is 1. The number of rotatable bonds is 0. The minimum absolute atomic E-state index is 0.749. The molecule has 0 unspecified atom stereocenters. The Balaban J connectivity index is 2.27. The highest BCUT2D eigenvalue weighted by Gasteiger charge is 2.18. The summed E-state index contributed by atoms with van der Waals surface area (Å²) in [4.78, 5) is 7.95. The fraction of sp³-hybridized carbons (Fsp3) is 0. The monoisotopic (exact) mass is 330 g/mol. The van der Waals surface area contributed by atoms with Crippen molar-refractivity contribution in [2.24, 2.45) is 0 Å². The third-order valence-electron chi connectivity index (χ3n) is 3.33. The summed E-state index contributed by atoms with van der Waals surface area (Å²) in [7, 11) is 0. The minimum Gasteiger partial charge on any atom is -0.339 e. The highest BCUT2D eigenvalue weighted by atomic mass is 79.9. The number of hydrogen-bond acceptors (Lipinski definition) is 1. The molecular weight excluding hydrogens is 324 g/mol. The Morgan fingerprint density at radius 1 is 1.05 bits per heavy atom. The molecule has 0 saturated heterocycles. The fourth-order valence-corrected chi connectivity index (χ4v) is 3.18. The van der Waals surface area contributed by atoms with E-state index in [0.29, 0.717) is 0 Å². The zero-order valence-electron chi connectivity index (χ0n) is 9.74. The molecule has 0 atom stereocenters. The van der Waals surface area contributed by atoms with Crippen LogP contribution < -0.4 is 0 Å². The molecule has 0 aliphatic carbocycles. The first-order chi connectivity index (χ1) is 9.24. The van der Waals surface area contributed by atoms with Gasteiger partial charge in [-0.3, -0.25) is 0 Å². The van der Waals surface area contributed by atoms with E-state index >= 15 is 0 Å². The van der Waals surface area contributed by atoms with Gasteiger partial charge in [0.05, 0.1) is 10.5 Å². The molecule has 0 amide bonds. The first-order valence-corrected chi connectivity index (χ1v) is 7.06. The highest BCUT2D eigenvalue weighted by molar-refractivity contribution is 9.10. The Bertz CT molecular complexity index is 897. The summed E-state index contributed by atoms with van der Waals surface area (Å²) in [6, 6.07) is 14.1. The molecular formula is C15H8BrClN2. The van der Waals surface area contributed by atoms with Crippen LogP contribution in [0.15, 0.2) is 46.9 Å². The van der Waals surface area contributed by atoms with Crippen molar-refractivity contribution >= 4 is 49.3 Å². The quantitative estimate of drug-likeness (QED) is 0.469. The van der Waals surface area contributed by atoms with Gasteiger partial charge in [-0.1, -0.05) is 45.7 Å². The Labute approximate surface area is 122 Å². The smallest absolute Gasteiger partial charge is 0.140 e. The maximum Gasteiger partial charge on any atom is 0.140 e. The predicted octanol–water partition coefficient (Wildman–Crippen LogP) is 5.24. The lowest BCUT2D eigenvalue weighted by molar-refractivity contribution is 1.30. The van der Waals surface area contributed by atoms with Crippen LogP contribution in [-0.2, 0) is 0 Å². The molecule has 0 fully saturated rings. The second-order valence-corrected chi connectivity index (χ2v) is 5.78. The average molecular weight is 332 g/mol.